The molecule has 0 saturated heterocycles. The predicted octanol–water partition coefficient (Wildman–Crippen LogP) is 0.711. The lowest BCUT2D eigenvalue weighted by atomic mass is 9.27. The minimum Gasteiger partial charge on any atom is -0.0853 e. The van der Waals surface area contributed by atoms with Crippen molar-refractivity contribution in [2.45, 2.75) is 45.3 Å². The monoisotopic (exact) mass is 136 g/mol. The van der Waals surface area contributed by atoms with Crippen molar-refractivity contribution in [2.24, 2.45) is 0 Å². The van der Waals surface area contributed by atoms with Gasteiger partial charge in [0.1, 0.15) is 0 Å². The van der Waals surface area contributed by atoms with E-state index in [1.807, 2.05) is 0 Å². The maximum Gasteiger partial charge on any atom is 0.0780 e. The maximum atomic E-state index is 2.27. The summed E-state index contributed by atoms with van der Waals surface area (Å²) in [5, 5.41) is 0. The molecule has 56 valence electrons. The van der Waals surface area contributed by atoms with Crippen molar-refractivity contribution in [2.75, 3.05) is 0 Å². The van der Waals surface area contributed by atoms with Gasteiger partial charge in [-0.05, 0) is 0 Å². The second-order valence-electron chi connectivity index (χ2n) is 3.12. The molecule has 10 heavy (non-hydrogen) atoms. The lowest BCUT2D eigenvalue weighted by Crippen LogP contribution is -2.01. The molecule has 0 N–H and O–H groups in total. The Morgan fingerprint density at radius 2 is 1.80 bits per heavy atom. The van der Waals surface area contributed by atoms with Crippen LogP contribution in [0, 0.1) is 0 Å². The normalized spacial score (nSPS) is 9.30. The van der Waals surface area contributed by atoms with Crippen molar-refractivity contribution in [1.82, 2.24) is 0 Å². The Morgan fingerprint density at radius 1 is 1.10 bits per heavy atom. The first-order valence-electron chi connectivity index (χ1n) is 4.91. The van der Waals surface area contributed by atoms with E-state index in [0.717, 1.165) is 0 Å². The fraction of sp³-hybridized carbons (Fsp3) is 1.00. The standard InChI is InChI=1S/C7H19B3/c1-2-3-4-5-6-7-9-10-8/h9-10H,2-8H2,1H3. The van der Waals surface area contributed by atoms with Crippen LogP contribution < -0.4 is 0 Å². The van der Waals surface area contributed by atoms with E-state index in [1.54, 1.807) is 0 Å². The van der Waals surface area contributed by atoms with Gasteiger partial charge < -0.3 is 0 Å². The molecule has 0 rings (SSSR count). The highest BCUT2D eigenvalue weighted by Gasteiger charge is 1.89. The van der Waals surface area contributed by atoms with Gasteiger partial charge in [0.15, 0.2) is 0 Å². The average Bonchev–Trinajstić information content (AvgIpc) is 1.97. The van der Waals surface area contributed by atoms with Crippen molar-refractivity contribution >= 4 is 22.0 Å². The number of rotatable bonds is 7. The molecule has 0 atom stereocenters. The van der Waals surface area contributed by atoms with Gasteiger partial charge in [-0.25, -0.2) is 0 Å². The van der Waals surface area contributed by atoms with Crippen molar-refractivity contribution in [1.29, 1.82) is 0 Å². The molecule has 0 aliphatic carbocycles. The summed E-state index contributed by atoms with van der Waals surface area (Å²) >= 11 is 0. The third-order valence-electron chi connectivity index (χ3n) is 1.96. The molecule has 0 unspecified atom stereocenters. The quantitative estimate of drug-likeness (QED) is 0.357. The van der Waals surface area contributed by atoms with E-state index in [4.69, 9.17) is 0 Å². The minimum absolute atomic E-state index is 1.37. The van der Waals surface area contributed by atoms with E-state index >= 15 is 0 Å². The van der Waals surface area contributed by atoms with Gasteiger partial charge in [-0.15, -0.1) is 0 Å². The molecule has 0 saturated carbocycles. The third-order valence-corrected chi connectivity index (χ3v) is 1.96. The second kappa shape index (κ2) is 9.19. The van der Waals surface area contributed by atoms with Gasteiger partial charge in [-0.1, -0.05) is 45.3 Å². The SMILES string of the molecule is BBBCCCCCCC. The fourth-order valence-corrected chi connectivity index (χ4v) is 1.21. The molecule has 0 fully saturated rings. The molecule has 0 bridgehead atoms. The summed E-state index contributed by atoms with van der Waals surface area (Å²) in [4.78, 5) is 0. The Kier molecular flexibility index (Phi) is 9.37. The lowest BCUT2D eigenvalue weighted by Gasteiger charge is -1.96. The minimum atomic E-state index is 1.37. The zero-order chi connectivity index (χ0) is 7.66. The molecule has 0 aliphatic heterocycles. The average molecular weight is 136 g/mol. The van der Waals surface area contributed by atoms with E-state index < -0.39 is 0 Å². The van der Waals surface area contributed by atoms with Crippen molar-refractivity contribution < 1.29 is 0 Å². The molecule has 0 nitrogen and oxygen atoms in total. The summed E-state index contributed by atoms with van der Waals surface area (Å²) in [6, 6.07) is 0. The van der Waals surface area contributed by atoms with Gasteiger partial charge in [-0.3, -0.25) is 0 Å². The van der Waals surface area contributed by atoms with E-state index in [1.165, 1.54) is 52.7 Å². The molecule has 0 aromatic rings. The van der Waals surface area contributed by atoms with Crippen LogP contribution in [0.4, 0.5) is 0 Å². The zero-order valence-corrected chi connectivity index (χ0v) is 7.66. The maximum absolute atomic E-state index is 2.27. The lowest BCUT2D eigenvalue weighted by molar-refractivity contribution is 0.656. The fourth-order valence-electron chi connectivity index (χ4n) is 1.21. The summed E-state index contributed by atoms with van der Waals surface area (Å²) in [6.45, 7) is 2.27. The summed E-state index contributed by atoms with van der Waals surface area (Å²) < 4.78 is 0. The van der Waals surface area contributed by atoms with Crippen LogP contribution >= 0.6 is 0 Å². The zero-order valence-electron chi connectivity index (χ0n) is 7.66. The molecule has 0 aromatic heterocycles. The van der Waals surface area contributed by atoms with Crippen molar-refractivity contribution in [3.05, 3.63) is 0 Å². The van der Waals surface area contributed by atoms with Crippen LogP contribution in [0.1, 0.15) is 39.0 Å². The van der Waals surface area contributed by atoms with Crippen LogP contribution in [0.3, 0.4) is 0 Å². The Balaban J connectivity index is 2.65. The van der Waals surface area contributed by atoms with Gasteiger partial charge in [0.2, 0.25) is 0 Å². The molecule has 0 aliphatic rings. The molecule has 0 radical (unpaired) electrons. The molecule has 0 heterocycles. The van der Waals surface area contributed by atoms with Crippen LogP contribution in [0.15, 0.2) is 0 Å². The first-order valence-corrected chi connectivity index (χ1v) is 4.91. The first kappa shape index (κ1) is 10.2. The van der Waals surface area contributed by atoms with Crippen LogP contribution in [0.5, 0.6) is 0 Å². The number of hydrogen-bond acceptors (Lipinski definition) is 0. The van der Waals surface area contributed by atoms with Crippen LogP contribution in [0.2, 0.25) is 6.32 Å². The third kappa shape index (κ3) is 8.19. The van der Waals surface area contributed by atoms with Gasteiger partial charge in [0, 0.05) is 0 Å². The Labute approximate surface area is 68.0 Å². The highest BCUT2D eigenvalue weighted by atomic mass is 13.9. The van der Waals surface area contributed by atoms with Crippen molar-refractivity contribution in [3.63, 3.8) is 0 Å². The van der Waals surface area contributed by atoms with Crippen LogP contribution in [-0.4, -0.2) is 22.0 Å². The highest BCUT2D eigenvalue weighted by molar-refractivity contribution is 7.23. The Hall–Kier alpha value is 0.195. The second-order valence-corrected chi connectivity index (χ2v) is 3.12. The molecule has 0 aromatic carbocycles. The first-order chi connectivity index (χ1) is 4.91. The largest absolute Gasteiger partial charge is 0.0853 e. The molecular formula is C7H19B3. The molecule has 3 heteroatoms. The molecule has 0 spiro atoms. The van der Waals surface area contributed by atoms with Gasteiger partial charge >= 0.3 is 0 Å². The predicted molar refractivity (Wildman–Crippen MR) is 56.4 cm³/mol. The van der Waals surface area contributed by atoms with E-state index in [2.05, 4.69) is 14.7 Å². The van der Waals surface area contributed by atoms with E-state index in [9.17, 15) is 0 Å². The van der Waals surface area contributed by atoms with Gasteiger partial charge in [0.05, 0.1) is 22.0 Å². The smallest absolute Gasteiger partial charge is 0.0780 e. The highest BCUT2D eigenvalue weighted by Crippen LogP contribution is 2.03. The Morgan fingerprint density at radius 3 is 2.40 bits per heavy atom. The molecule has 0 amide bonds. The summed E-state index contributed by atoms with van der Waals surface area (Å²) in [6.07, 6.45) is 8.65. The number of unbranched alkanes of at least 4 members (excludes halogenated alkanes) is 4. The summed E-state index contributed by atoms with van der Waals surface area (Å²) in [5.74, 6) is 0. The summed E-state index contributed by atoms with van der Waals surface area (Å²) in [5.41, 5.74) is 0. The van der Waals surface area contributed by atoms with Gasteiger partial charge in [-0.2, -0.15) is 0 Å². The summed E-state index contributed by atoms with van der Waals surface area (Å²) in [7, 11) is 5.08. The van der Waals surface area contributed by atoms with E-state index in [-0.39, 0.29) is 0 Å². The van der Waals surface area contributed by atoms with Crippen LogP contribution in [-0.2, 0) is 0 Å². The number of hydrogen-bond donors (Lipinski definition) is 0. The molecular weight excluding hydrogens is 117 g/mol. The topological polar surface area (TPSA) is 0 Å². The van der Waals surface area contributed by atoms with E-state index in [0.29, 0.717) is 0 Å². The van der Waals surface area contributed by atoms with Crippen LogP contribution in [0.25, 0.3) is 0 Å². The van der Waals surface area contributed by atoms with Crippen molar-refractivity contribution in [3.8, 4) is 0 Å². The van der Waals surface area contributed by atoms with Gasteiger partial charge in [0.25, 0.3) is 0 Å². The Bertz CT molecular complexity index is 48.8.